The number of amides is 1. The third-order valence-electron chi connectivity index (χ3n) is 4.67. The molecule has 2 N–H and O–H groups in total. The maximum Gasteiger partial charge on any atom is 0.271 e. The summed E-state index contributed by atoms with van der Waals surface area (Å²) in [5.74, 6) is 0.675. The van der Waals surface area contributed by atoms with Crippen molar-refractivity contribution in [2.24, 2.45) is 0 Å². The number of methoxy groups -OCH3 is 1. The smallest absolute Gasteiger partial charge is 0.271 e. The van der Waals surface area contributed by atoms with E-state index in [2.05, 4.69) is 30.2 Å². The molecule has 0 unspecified atom stereocenters. The first-order chi connectivity index (χ1) is 12.4. The van der Waals surface area contributed by atoms with Crippen LogP contribution in [0.1, 0.15) is 43.4 Å². The average molecular weight is 358 g/mol. The Kier molecular flexibility index (Phi) is 5.22. The highest BCUT2D eigenvalue weighted by Gasteiger charge is 2.33. The Balaban J connectivity index is 1.70. The number of aromatic nitrogens is 4. The van der Waals surface area contributed by atoms with Gasteiger partial charge in [0.25, 0.3) is 5.91 Å². The molecule has 0 saturated carbocycles. The summed E-state index contributed by atoms with van der Waals surface area (Å²) in [7, 11) is 1.71. The number of carbonyl (C=O) groups excluding carboxylic acids is 1. The van der Waals surface area contributed by atoms with Crippen molar-refractivity contribution in [3.8, 4) is 0 Å². The number of hydrogen-bond acceptors (Lipinski definition) is 6. The zero-order valence-corrected chi connectivity index (χ0v) is 15.7. The number of nitrogens with zero attached hydrogens (tertiary/aromatic N) is 4. The SMILES string of the molecule is CO[C@@H]1C[C@H](CNC(=O)c2nc[nH]c2C(C)(C)C)N(c2ccncn2)C1. The highest BCUT2D eigenvalue weighted by Crippen LogP contribution is 2.25. The molecule has 2 atom stereocenters. The molecular formula is C18H26N6O2. The Morgan fingerprint density at radius 3 is 2.88 bits per heavy atom. The predicted molar refractivity (Wildman–Crippen MR) is 98.2 cm³/mol. The van der Waals surface area contributed by atoms with Gasteiger partial charge in [0, 0.05) is 31.8 Å². The van der Waals surface area contributed by atoms with Gasteiger partial charge in [0.1, 0.15) is 17.8 Å². The lowest BCUT2D eigenvalue weighted by Gasteiger charge is -2.25. The second-order valence-electron chi connectivity index (χ2n) is 7.55. The number of nitrogens with one attached hydrogen (secondary N) is 2. The van der Waals surface area contributed by atoms with Crippen LogP contribution in [0.4, 0.5) is 5.82 Å². The van der Waals surface area contributed by atoms with Crippen molar-refractivity contribution >= 4 is 11.7 Å². The van der Waals surface area contributed by atoms with E-state index in [0.29, 0.717) is 12.2 Å². The van der Waals surface area contributed by atoms with Crippen LogP contribution in [0, 0.1) is 0 Å². The van der Waals surface area contributed by atoms with Gasteiger partial charge >= 0.3 is 0 Å². The molecule has 3 heterocycles. The van der Waals surface area contributed by atoms with Crippen molar-refractivity contribution in [3.63, 3.8) is 0 Å². The van der Waals surface area contributed by atoms with E-state index in [1.165, 1.54) is 6.33 Å². The maximum absolute atomic E-state index is 12.7. The van der Waals surface area contributed by atoms with Crippen molar-refractivity contribution < 1.29 is 9.53 Å². The van der Waals surface area contributed by atoms with E-state index < -0.39 is 0 Å². The van der Waals surface area contributed by atoms with Crippen LogP contribution in [0.3, 0.4) is 0 Å². The van der Waals surface area contributed by atoms with E-state index in [-0.39, 0.29) is 23.5 Å². The second kappa shape index (κ2) is 7.41. The average Bonchev–Trinajstić information content (AvgIpc) is 3.27. The molecule has 1 saturated heterocycles. The number of aromatic amines is 1. The molecule has 1 aliphatic heterocycles. The molecule has 3 rings (SSSR count). The Bertz CT molecular complexity index is 740. The third-order valence-corrected chi connectivity index (χ3v) is 4.67. The zero-order valence-electron chi connectivity index (χ0n) is 15.7. The number of imidazole rings is 1. The van der Waals surface area contributed by atoms with Crippen molar-refractivity contribution in [3.05, 3.63) is 36.3 Å². The number of hydrogen-bond donors (Lipinski definition) is 2. The maximum atomic E-state index is 12.7. The molecule has 1 fully saturated rings. The minimum absolute atomic E-state index is 0.107. The van der Waals surface area contributed by atoms with Crippen LogP contribution in [0.15, 0.2) is 24.9 Å². The van der Waals surface area contributed by atoms with E-state index in [1.54, 1.807) is 19.6 Å². The quantitative estimate of drug-likeness (QED) is 0.841. The fraction of sp³-hybridized carbons (Fsp3) is 0.556. The van der Waals surface area contributed by atoms with E-state index in [0.717, 1.165) is 24.5 Å². The zero-order chi connectivity index (χ0) is 18.7. The normalized spacial score (nSPS) is 20.4. The minimum Gasteiger partial charge on any atom is -0.380 e. The molecule has 0 aliphatic carbocycles. The molecule has 8 nitrogen and oxygen atoms in total. The topological polar surface area (TPSA) is 96.0 Å². The van der Waals surface area contributed by atoms with Gasteiger partial charge in [-0.15, -0.1) is 0 Å². The number of anilines is 1. The summed E-state index contributed by atoms with van der Waals surface area (Å²) in [6.45, 7) is 7.39. The lowest BCUT2D eigenvalue weighted by molar-refractivity contribution is 0.0939. The minimum atomic E-state index is -0.176. The van der Waals surface area contributed by atoms with Crippen molar-refractivity contribution in [2.75, 3.05) is 25.1 Å². The first kappa shape index (κ1) is 18.3. The van der Waals surface area contributed by atoms with Crippen LogP contribution < -0.4 is 10.2 Å². The second-order valence-corrected chi connectivity index (χ2v) is 7.55. The summed E-state index contributed by atoms with van der Waals surface area (Å²) in [6, 6.07) is 1.98. The number of ether oxygens (including phenoxy) is 1. The van der Waals surface area contributed by atoms with E-state index in [1.807, 2.05) is 26.8 Å². The van der Waals surface area contributed by atoms with Crippen LogP contribution in [-0.4, -0.2) is 58.2 Å². The highest BCUT2D eigenvalue weighted by atomic mass is 16.5. The number of H-pyrrole nitrogens is 1. The van der Waals surface area contributed by atoms with Crippen LogP contribution in [0.5, 0.6) is 0 Å². The summed E-state index contributed by atoms with van der Waals surface area (Å²) >= 11 is 0. The van der Waals surface area contributed by atoms with Crippen LogP contribution >= 0.6 is 0 Å². The summed E-state index contributed by atoms with van der Waals surface area (Å²) in [4.78, 5) is 30.4. The largest absolute Gasteiger partial charge is 0.380 e. The van der Waals surface area contributed by atoms with Crippen molar-refractivity contribution in [2.45, 2.75) is 44.8 Å². The lowest BCUT2D eigenvalue weighted by Crippen LogP contribution is -2.41. The summed E-state index contributed by atoms with van der Waals surface area (Å²) in [5.41, 5.74) is 1.11. The van der Waals surface area contributed by atoms with Crippen LogP contribution in [-0.2, 0) is 10.2 Å². The molecule has 26 heavy (non-hydrogen) atoms. The Morgan fingerprint density at radius 1 is 1.42 bits per heavy atom. The molecule has 1 aliphatic rings. The molecule has 1 amide bonds. The van der Waals surface area contributed by atoms with E-state index in [9.17, 15) is 4.79 Å². The van der Waals surface area contributed by atoms with E-state index in [4.69, 9.17) is 4.74 Å². The number of rotatable bonds is 5. The predicted octanol–water partition coefficient (Wildman–Crippen LogP) is 1.52. The first-order valence-electron chi connectivity index (χ1n) is 8.77. The van der Waals surface area contributed by atoms with E-state index >= 15 is 0 Å². The Labute approximate surface area is 153 Å². The molecule has 0 bridgehead atoms. The van der Waals surface area contributed by atoms with Crippen molar-refractivity contribution in [1.29, 1.82) is 0 Å². The first-order valence-corrected chi connectivity index (χ1v) is 8.77. The van der Waals surface area contributed by atoms with Gasteiger partial charge in [-0.3, -0.25) is 4.79 Å². The Hall–Kier alpha value is -2.48. The summed E-state index contributed by atoms with van der Waals surface area (Å²) < 4.78 is 5.52. The molecule has 2 aromatic heterocycles. The van der Waals surface area contributed by atoms with Gasteiger partial charge in [0.05, 0.1) is 24.2 Å². The molecule has 0 radical (unpaired) electrons. The number of carbonyl (C=O) groups is 1. The van der Waals surface area contributed by atoms with Gasteiger partial charge in [-0.1, -0.05) is 20.8 Å². The fourth-order valence-corrected chi connectivity index (χ4v) is 3.30. The standard InChI is InChI=1S/C18H26N6O2/c1-18(2,3)16-15(22-11-23-16)17(25)20-8-12-7-13(26-4)9-24(12)14-5-6-19-10-21-14/h5-6,10-13H,7-9H2,1-4H3,(H,20,25)(H,22,23)/t12-,13-/m1/s1. The van der Waals surface area contributed by atoms with Gasteiger partial charge < -0.3 is 19.9 Å². The molecule has 140 valence electrons. The molecule has 0 spiro atoms. The van der Waals surface area contributed by atoms with Gasteiger partial charge in [-0.25, -0.2) is 15.0 Å². The lowest BCUT2D eigenvalue weighted by atomic mass is 9.90. The fourth-order valence-electron chi connectivity index (χ4n) is 3.30. The third kappa shape index (κ3) is 3.85. The molecule has 0 aromatic carbocycles. The Morgan fingerprint density at radius 2 is 2.23 bits per heavy atom. The summed E-state index contributed by atoms with van der Waals surface area (Å²) in [6.07, 6.45) is 5.76. The van der Waals surface area contributed by atoms with Gasteiger partial charge in [-0.05, 0) is 12.5 Å². The van der Waals surface area contributed by atoms with Crippen molar-refractivity contribution in [1.82, 2.24) is 25.3 Å². The van der Waals surface area contributed by atoms with Gasteiger partial charge in [0.15, 0.2) is 0 Å². The van der Waals surface area contributed by atoms with Gasteiger partial charge in [-0.2, -0.15) is 0 Å². The highest BCUT2D eigenvalue weighted by molar-refractivity contribution is 5.93. The van der Waals surface area contributed by atoms with Crippen LogP contribution in [0.2, 0.25) is 0 Å². The van der Waals surface area contributed by atoms with Crippen LogP contribution in [0.25, 0.3) is 0 Å². The molecule has 8 heteroatoms. The molecular weight excluding hydrogens is 332 g/mol. The molecule has 2 aromatic rings. The summed E-state index contributed by atoms with van der Waals surface area (Å²) in [5, 5.41) is 3.02. The van der Waals surface area contributed by atoms with Gasteiger partial charge in [0.2, 0.25) is 0 Å². The monoisotopic (exact) mass is 358 g/mol.